The summed E-state index contributed by atoms with van der Waals surface area (Å²) in [6.45, 7) is 0.358. The van der Waals surface area contributed by atoms with Crippen LogP contribution in [0, 0.1) is 5.82 Å². The van der Waals surface area contributed by atoms with Gasteiger partial charge in [-0.15, -0.1) is 0 Å². The van der Waals surface area contributed by atoms with E-state index in [2.05, 4.69) is 4.98 Å². The molecule has 0 N–H and O–H groups in total. The molecule has 11 heteroatoms. The Morgan fingerprint density at radius 1 is 1.07 bits per heavy atom. The fourth-order valence-corrected chi connectivity index (χ4v) is 5.38. The third-order valence-corrected chi connectivity index (χ3v) is 8.09. The fraction of sp³-hybridized carbons (Fsp3) is 0.241. The Labute approximate surface area is 231 Å². The maximum absolute atomic E-state index is 14.0. The van der Waals surface area contributed by atoms with Gasteiger partial charge in [-0.1, -0.05) is 18.2 Å². The van der Waals surface area contributed by atoms with E-state index in [9.17, 15) is 17.6 Å². The van der Waals surface area contributed by atoms with E-state index in [1.807, 2.05) is 24.3 Å². The molecule has 1 aliphatic rings. The smallest absolute Gasteiger partial charge is 0.258 e. The highest BCUT2D eigenvalue weighted by atomic mass is 32.2. The van der Waals surface area contributed by atoms with Gasteiger partial charge in [0.25, 0.3) is 5.91 Å². The number of carbonyl (C=O) groups is 1. The van der Waals surface area contributed by atoms with Crippen LogP contribution in [-0.2, 0) is 29.7 Å². The van der Waals surface area contributed by atoms with Crippen molar-refractivity contribution in [1.29, 1.82) is 0 Å². The summed E-state index contributed by atoms with van der Waals surface area (Å²) in [5.41, 5.74) is 2.92. The predicted molar refractivity (Wildman–Crippen MR) is 149 cm³/mol. The van der Waals surface area contributed by atoms with Crippen molar-refractivity contribution in [3.8, 4) is 17.2 Å². The van der Waals surface area contributed by atoms with Gasteiger partial charge in [-0.05, 0) is 35.9 Å². The highest BCUT2D eigenvalue weighted by molar-refractivity contribution is 7.92. The van der Waals surface area contributed by atoms with Gasteiger partial charge in [-0.2, -0.15) is 0 Å². The molecule has 0 bridgehead atoms. The van der Waals surface area contributed by atoms with Crippen molar-refractivity contribution >= 4 is 32.5 Å². The average Bonchev–Trinajstić information content (AvgIpc) is 3.26. The molecule has 0 spiro atoms. The van der Waals surface area contributed by atoms with Crippen LogP contribution >= 0.6 is 0 Å². The first-order valence-electron chi connectivity index (χ1n) is 12.4. The minimum absolute atomic E-state index is 0.105. The molecule has 0 unspecified atom stereocenters. The van der Waals surface area contributed by atoms with E-state index in [1.54, 1.807) is 36.4 Å². The molecule has 9 nitrogen and oxygen atoms in total. The molecule has 0 radical (unpaired) electrons. The van der Waals surface area contributed by atoms with Gasteiger partial charge in [0, 0.05) is 48.9 Å². The molecule has 0 aliphatic carbocycles. The first-order chi connectivity index (χ1) is 19.1. The van der Waals surface area contributed by atoms with E-state index in [1.165, 1.54) is 30.6 Å². The number of benzene rings is 3. The number of amides is 1. The molecule has 2 heterocycles. The number of hydrogen-bond donors (Lipinski definition) is 0. The number of fused-ring (bicyclic) bond motifs is 2. The van der Waals surface area contributed by atoms with Gasteiger partial charge in [0.1, 0.15) is 29.4 Å². The highest BCUT2D eigenvalue weighted by Gasteiger charge is 2.38. The number of nitrogens with zero attached hydrogens (tertiary/aromatic N) is 3. The van der Waals surface area contributed by atoms with Crippen LogP contribution in [0.25, 0.3) is 10.9 Å². The largest absolute Gasteiger partial charge is 0.497 e. The van der Waals surface area contributed by atoms with Crippen LogP contribution in [0.2, 0.25) is 0 Å². The third kappa shape index (κ3) is 5.00. The van der Waals surface area contributed by atoms with Crippen molar-refractivity contribution in [2.75, 3.05) is 31.8 Å². The lowest BCUT2D eigenvalue weighted by molar-refractivity contribution is 0.0762. The second kappa shape index (κ2) is 10.6. The number of methoxy groups -OCH3 is 2. The topological polar surface area (TPSA) is 98.3 Å². The van der Waals surface area contributed by atoms with Crippen molar-refractivity contribution in [2.45, 2.75) is 19.7 Å². The molecule has 0 atom stereocenters. The molecular weight excluding hydrogens is 537 g/mol. The molecule has 1 aliphatic heterocycles. The van der Waals surface area contributed by atoms with Gasteiger partial charge in [0.2, 0.25) is 10.0 Å². The van der Waals surface area contributed by atoms with Gasteiger partial charge in [-0.3, -0.25) is 14.1 Å². The van der Waals surface area contributed by atoms with Crippen molar-refractivity contribution in [2.24, 2.45) is 0 Å². The van der Waals surface area contributed by atoms with E-state index in [0.717, 1.165) is 11.8 Å². The quantitative estimate of drug-likeness (QED) is 0.294. The van der Waals surface area contributed by atoms with E-state index < -0.39 is 15.8 Å². The Hall–Kier alpha value is -4.38. The van der Waals surface area contributed by atoms with E-state index in [4.69, 9.17) is 14.2 Å². The number of anilines is 1. The van der Waals surface area contributed by atoms with Crippen molar-refractivity contribution in [3.63, 3.8) is 0 Å². The van der Waals surface area contributed by atoms with Gasteiger partial charge in [-0.25, -0.2) is 12.8 Å². The Kier molecular flexibility index (Phi) is 7.24. The average molecular weight is 566 g/mol. The minimum atomic E-state index is -3.69. The van der Waals surface area contributed by atoms with Crippen LogP contribution in [0.15, 0.2) is 60.8 Å². The Morgan fingerprint density at radius 3 is 2.50 bits per heavy atom. The van der Waals surface area contributed by atoms with E-state index in [0.29, 0.717) is 39.2 Å². The van der Waals surface area contributed by atoms with Crippen LogP contribution in [0.5, 0.6) is 17.2 Å². The molecule has 4 aromatic rings. The summed E-state index contributed by atoms with van der Waals surface area (Å²) < 4.78 is 57.2. The number of aromatic nitrogens is 1. The molecule has 1 amide bonds. The standard InChI is InChI=1S/C29H28FN3O6S/c1-32(40(4,35)36)27-22-6-5-13-31-26(22)28(39-17-18-7-11-21(37-2)12-8-18)25-23(27)16-33(29(25)34)15-19-9-10-20(30)14-24(19)38-3/h5-14H,15-17H2,1-4H3. The summed E-state index contributed by atoms with van der Waals surface area (Å²) >= 11 is 0. The number of ether oxygens (including phenoxy) is 3. The maximum atomic E-state index is 14.0. The van der Waals surface area contributed by atoms with Gasteiger partial charge < -0.3 is 19.1 Å². The third-order valence-electron chi connectivity index (χ3n) is 6.91. The Morgan fingerprint density at radius 2 is 1.82 bits per heavy atom. The number of sulfonamides is 1. The molecule has 0 saturated heterocycles. The van der Waals surface area contributed by atoms with E-state index in [-0.39, 0.29) is 36.9 Å². The molecule has 3 aromatic carbocycles. The molecule has 208 valence electrons. The van der Waals surface area contributed by atoms with Crippen molar-refractivity contribution in [3.05, 3.63) is 88.9 Å². The zero-order valence-electron chi connectivity index (χ0n) is 22.5. The molecule has 0 saturated carbocycles. The van der Waals surface area contributed by atoms with Crippen LogP contribution in [0.3, 0.4) is 0 Å². The monoisotopic (exact) mass is 565 g/mol. The summed E-state index contributed by atoms with van der Waals surface area (Å²) in [4.78, 5) is 20.0. The Balaban J connectivity index is 1.64. The summed E-state index contributed by atoms with van der Waals surface area (Å²) in [6, 6.07) is 14.9. The number of rotatable bonds is 9. The lowest BCUT2D eigenvalue weighted by atomic mass is 10.0. The summed E-state index contributed by atoms with van der Waals surface area (Å²) in [5.74, 6) is 0.458. The highest BCUT2D eigenvalue weighted by Crippen LogP contribution is 2.45. The SMILES string of the molecule is COc1ccc(COc2c3c(c(N(C)S(C)(=O)=O)c4cccnc24)CN(Cc2ccc(F)cc2OC)C3=O)cc1. The number of pyridine rings is 1. The molecular formula is C29H28FN3O6S. The molecule has 40 heavy (non-hydrogen) atoms. The van der Waals surface area contributed by atoms with Gasteiger partial charge >= 0.3 is 0 Å². The van der Waals surface area contributed by atoms with Crippen LogP contribution < -0.4 is 18.5 Å². The zero-order valence-corrected chi connectivity index (χ0v) is 23.3. The van der Waals surface area contributed by atoms with Crippen molar-refractivity contribution < 1.29 is 31.8 Å². The van der Waals surface area contributed by atoms with Crippen LogP contribution in [0.4, 0.5) is 10.1 Å². The number of halogens is 1. The first-order valence-corrected chi connectivity index (χ1v) is 14.2. The molecule has 5 rings (SSSR count). The Bertz CT molecular complexity index is 1710. The van der Waals surface area contributed by atoms with Crippen LogP contribution in [0.1, 0.15) is 27.0 Å². The minimum Gasteiger partial charge on any atom is -0.497 e. The fourth-order valence-electron chi connectivity index (χ4n) is 4.84. The summed E-state index contributed by atoms with van der Waals surface area (Å²) in [5, 5.41) is 0.535. The second-order valence-corrected chi connectivity index (χ2v) is 11.4. The predicted octanol–water partition coefficient (Wildman–Crippen LogP) is 4.52. The summed E-state index contributed by atoms with van der Waals surface area (Å²) in [7, 11) is 0.774. The number of hydrogen-bond acceptors (Lipinski definition) is 7. The maximum Gasteiger partial charge on any atom is 0.258 e. The lowest BCUT2D eigenvalue weighted by Crippen LogP contribution is -2.26. The van der Waals surface area contributed by atoms with Crippen LogP contribution in [-0.4, -0.2) is 51.7 Å². The normalized spacial score (nSPS) is 12.9. The lowest BCUT2D eigenvalue weighted by Gasteiger charge is -2.23. The zero-order chi connectivity index (χ0) is 28.6. The molecule has 0 fully saturated rings. The molecule has 1 aromatic heterocycles. The second-order valence-electron chi connectivity index (χ2n) is 9.42. The van der Waals surface area contributed by atoms with E-state index >= 15 is 0 Å². The van der Waals surface area contributed by atoms with Gasteiger partial charge in [0.15, 0.2) is 5.75 Å². The number of carbonyl (C=O) groups excluding carboxylic acids is 1. The summed E-state index contributed by atoms with van der Waals surface area (Å²) in [6.07, 6.45) is 2.67. The van der Waals surface area contributed by atoms with Crippen molar-refractivity contribution in [1.82, 2.24) is 9.88 Å². The van der Waals surface area contributed by atoms with Gasteiger partial charge in [0.05, 0.1) is 31.7 Å². The first kappa shape index (κ1) is 27.2.